The van der Waals surface area contributed by atoms with Crippen LogP contribution in [0.5, 0.6) is 0 Å². The first-order valence-electron chi connectivity index (χ1n) is 9.09. The molecule has 0 radical (unpaired) electrons. The average molecular weight is 387 g/mol. The number of fused-ring (bicyclic) bond motifs is 1. The van der Waals surface area contributed by atoms with Gasteiger partial charge in [0, 0.05) is 33.4 Å². The van der Waals surface area contributed by atoms with Gasteiger partial charge in [0.05, 0.1) is 4.90 Å². The number of amides is 1. The Bertz CT molecular complexity index is 924. The molecule has 3 rings (SSSR count). The summed E-state index contributed by atoms with van der Waals surface area (Å²) >= 11 is 0. The third kappa shape index (κ3) is 4.39. The summed E-state index contributed by atoms with van der Waals surface area (Å²) in [7, 11) is 0.342. The van der Waals surface area contributed by atoms with E-state index in [1.807, 2.05) is 36.4 Å². The monoisotopic (exact) mass is 386 g/mol. The van der Waals surface area contributed by atoms with Crippen molar-refractivity contribution in [2.45, 2.75) is 23.8 Å². The van der Waals surface area contributed by atoms with Crippen molar-refractivity contribution >= 4 is 15.7 Å². The van der Waals surface area contributed by atoms with Gasteiger partial charge in [-0.3, -0.25) is 9.69 Å². The standard InChI is InChI=1S/C21H26N2O3S/c1-22(2)21(24)20(17-7-5-4-6-8-17)23-13-11-16-9-10-19(27(3,25)26)15-18(16)12-14-23/h4-10,15,20H,11-14H2,1-3H3. The van der Waals surface area contributed by atoms with Crippen molar-refractivity contribution in [3.05, 3.63) is 65.2 Å². The minimum Gasteiger partial charge on any atom is -0.347 e. The molecule has 2 aromatic carbocycles. The van der Waals surface area contributed by atoms with Gasteiger partial charge >= 0.3 is 0 Å². The zero-order chi connectivity index (χ0) is 19.6. The zero-order valence-corrected chi connectivity index (χ0v) is 16.9. The Morgan fingerprint density at radius 2 is 1.63 bits per heavy atom. The third-order valence-electron chi connectivity index (χ3n) is 5.10. The van der Waals surface area contributed by atoms with Gasteiger partial charge in [-0.15, -0.1) is 0 Å². The Morgan fingerprint density at radius 1 is 1.00 bits per heavy atom. The van der Waals surface area contributed by atoms with E-state index in [0.717, 1.165) is 36.1 Å². The Balaban J connectivity index is 1.90. The molecule has 0 N–H and O–H groups in total. The fourth-order valence-corrected chi connectivity index (χ4v) is 4.27. The number of rotatable bonds is 4. The van der Waals surface area contributed by atoms with Crippen LogP contribution in [0, 0.1) is 0 Å². The van der Waals surface area contributed by atoms with E-state index in [4.69, 9.17) is 0 Å². The van der Waals surface area contributed by atoms with E-state index in [2.05, 4.69) is 4.90 Å². The molecule has 2 aromatic rings. The van der Waals surface area contributed by atoms with Crippen LogP contribution < -0.4 is 0 Å². The van der Waals surface area contributed by atoms with Crippen LogP contribution in [0.2, 0.25) is 0 Å². The molecule has 6 heteroatoms. The van der Waals surface area contributed by atoms with E-state index in [0.29, 0.717) is 11.4 Å². The van der Waals surface area contributed by atoms with Crippen molar-refractivity contribution in [1.29, 1.82) is 0 Å². The van der Waals surface area contributed by atoms with Crippen LogP contribution in [0.4, 0.5) is 0 Å². The van der Waals surface area contributed by atoms with Gasteiger partial charge in [0.2, 0.25) is 5.91 Å². The van der Waals surface area contributed by atoms with Crippen LogP contribution in [0.3, 0.4) is 0 Å². The lowest BCUT2D eigenvalue weighted by atomic mass is 10.0. The molecule has 1 aliphatic heterocycles. The van der Waals surface area contributed by atoms with Crippen LogP contribution in [0.15, 0.2) is 53.4 Å². The second-order valence-electron chi connectivity index (χ2n) is 7.28. The Kier molecular flexibility index (Phi) is 5.67. The van der Waals surface area contributed by atoms with Gasteiger partial charge in [-0.25, -0.2) is 8.42 Å². The first-order chi connectivity index (χ1) is 12.8. The third-order valence-corrected chi connectivity index (χ3v) is 6.21. The van der Waals surface area contributed by atoms with Crippen molar-refractivity contribution in [3.8, 4) is 0 Å². The molecule has 0 fully saturated rings. The zero-order valence-electron chi connectivity index (χ0n) is 16.1. The second-order valence-corrected chi connectivity index (χ2v) is 9.30. The van der Waals surface area contributed by atoms with Crippen LogP contribution in [0.1, 0.15) is 22.7 Å². The highest BCUT2D eigenvalue weighted by Gasteiger charge is 2.30. The topological polar surface area (TPSA) is 57.7 Å². The van der Waals surface area contributed by atoms with Gasteiger partial charge in [-0.1, -0.05) is 36.4 Å². The number of nitrogens with zero attached hydrogens (tertiary/aromatic N) is 2. The maximum absolute atomic E-state index is 12.9. The van der Waals surface area contributed by atoms with Crippen LogP contribution in [0.25, 0.3) is 0 Å². The maximum Gasteiger partial charge on any atom is 0.244 e. The molecule has 5 nitrogen and oxygen atoms in total. The average Bonchev–Trinajstić information content (AvgIpc) is 2.84. The Hall–Kier alpha value is -2.18. The summed E-state index contributed by atoms with van der Waals surface area (Å²) in [6.45, 7) is 1.46. The summed E-state index contributed by atoms with van der Waals surface area (Å²) in [6, 6.07) is 14.9. The molecule has 0 spiro atoms. The van der Waals surface area contributed by atoms with E-state index in [1.165, 1.54) is 6.26 Å². The molecular weight excluding hydrogens is 360 g/mol. The predicted octanol–water partition coefficient (Wildman–Crippen LogP) is 2.32. The van der Waals surface area contributed by atoms with Crippen molar-refractivity contribution in [2.24, 2.45) is 0 Å². The van der Waals surface area contributed by atoms with Crippen molar-refractivity contribution in [3.63, 3.8) is 0 Å². The molecule has 0 aliphatic carbocycles. The Labute approximate surface area is 161 Å². The highest BCUT2D eigenvalue weighted by molar-refractivity contribution is 7.90. The molecule has 1 unspecified atom stereocenters. The van der Waals surface area contributed by atoms with Gasteiger partial charge in [-0.2, -0.15) is 0 Å². The molecule has 144 valence electrons. The maximum atomic E-state index is 12.9. The number of hydrogen-bond donors (Lipinski definition) is 0. The second kappa shape index (κ2) is 7.82. The number of carbonyl (C=O) groups excluding carboxylic acids is 1. The minimum atomic E-state index is -3.22. The highest BCUT2D eigenvalue weighted by Crippen LogP contribution is 2.27. The SMILES string of the molecule is CN(C)C(=O)C(c1ccccc1)N1CCc2ccc(S(C)(=O)=O)cc2CC1. The first kappa shape index (κ1) is 19.6. The fourth-order valence-electron chi connectivity index (χ4n) is 3.60. The van der Waals surface area contributed by atoms with Gasteiger partial charge in [0.25, 0.3) is 0 Å². The van der Waals surface area contributed by atoms with Crippen molar-refractivity contribution in [2.75, 3.05) is 33.4 Å². The van der Waals surface area contributed by atoms with Crippen molar-refractivity contribution < 1.29 is 13.2 Å². The fraction of sp³-hybridized carbons (Fsp3) is 0.381. The molecule has 0 aromatic heterocycles. The normalized spacial score (nSPS) is 16.3. The molecule has 1 heterocycles. The van der Waals surface area contributed by atoms with Crippen LogP contribution in [-0.2, 0) is 27.5 Å². The molecule has 27 heavy (non-hydrogen) atoms. The van der Waals surface area contributed by atoms with E-state index in [1.54, 1.807) is 31.1 Å². The molecular formula is C21H26N2O3S. The number of carbonyl (C=O) groups is 1. The molecule has 0 saturated heterocycles. The lowest BCUT2D eigenvalue weighted by Gasteiger charge is -2.31. The van der Waals surface area contributed by atoms with E-state index in [-0.39, 0.29) is 11.9 Å². The van der Waals surface area contributed by atoms with Gasteiger partial charge in [0.15, 0.2) is 9.84 Å². The minimum absolute atomic E-state index is 0.0592. The Morgan fingerprint density at radius 3 is 2.22 bits per heavy atom. The number of benzene rings is 2. The van der Waals surface area contributed by atoms with Crippen molar-refractivity contribution in [1.82, 2.24) is 9.80 Å². The molecule has 0 bridgehead atoms. The summed E-state index contributed by atoms with van der Waals surface area (Å²) in [5.41, 5.74) is 3.21. The molecule has 1 atom stereocenters. The number of sulfone groups is 1. The quantitative estimate of drug-likeness (QED) is 0.809. The predicted molar refractivity (Wildman–Crippen MR) is 106 cm³/mol. The number of likely N-dealkylation sites (N-methyl/N-ethyl adjacent to an activating group) is 1. The summed E-state index contributed by atoms with van der Waals surface area (Å²) in [5.74, 6) is 0.0592. The number of hydrogen-bond acceptors (Lipinski definition) is 4. The van der Waals surface area contributed by atoms with E-state index in [9.17, 15) is 13.2 Å². The van der Waals surface area contributed by atoms with E-state index < -0.39 is 9.84 Å². The lowest BCUT2D eigenvalue weighted by molar-refractivity contribution is -0.134. The molecule has 1 aliphatic rings. The summed E-state index contributed by atoms with van der Waals surface area (Å²) in [5, 5.41) is 0. The summed E-state index contributed by atoms with van der Waals surface area (Å²) in [4.78, 5) is 17.1. The highest BCUT2D eigenvalue weighted by atomic mass is 32.2. The van der Waals surface area contributed by atoms with Gasteiger partial charge in [-0.05, 0) is 41.7 Å². The largest absolute Gasteiger partial charge is 0.347 e. The molecule has 1 amide bonds. The van der Waals surface area contributed by atoms with Gasteiger partial charge < -0.3 is 4.90 Å². The van der Waals surface area contributed by atoms with Crippen LogP contribution >= 0.6 is 0 Å². The smallest absolute Gasteiger partial charge is 0.244 e. The van der Waals surface area contributed by atoms with Gasteiger partial charge in [0.1, 0.15) is 6.04 Å². The summed E-state index contributed by atoms with van der Waals surface area (Å²) < 4.78 is 23.7. The van der Waals surface area contributed by atoms with Crippen LogP contribution in [-0.4, -0.2) is 57.6 Å². The first-order valence-corrected chi connectivity index (χ1v) is 11.0. The van der Waals surface area contributed by atoms with E-state index >= 15 is 0 Å². The molecule has 0 saturated carbocycles. The lowest BCUT2D eigenvalue weighted by Crippen LogP contribution is -2.41. The summed E-state index contributed by atoms with van der Waals surface area (Å²) in [6.07, 6.45) is 2.76.